The van der Waals surface area contributed by atoms with Gasteiger partial charge in [-0.15, -0.1) is 0 Å². The Balaban J connectivity index is 1.39. The van der Waals surface area contributed by atoms with Gasteiger partial charge in [-0.25, -0.2) is 4.39 Å². The number of methoxy groups -OCH3 is 1. The number of benzene rings is 2. The highest BCUT2D eigenvalue weighted by atomic mass is 19.1. The van der Waals surface area contributed by atoms with Crippen LogP contribution in [0.25, 0.3) is 0 Å². The molecule has 0 N–H and O–H groups in total. The molecule has 0 saturated carbocycles. The van der Waals surface area contributed by atoms with Crippen LogP contribution in [-0.2, 0) is 11.3 Å². The van der Waals surface area contributed by atoms with E-state index < -0.39 is 5.82 Å². The van der Waals surface area contributed by atoms with Crippen molar-refractivity contribution in [2.24, 2.45) is 5.41 Å². The van der Waals surface area contributed by atoms with Crippen LogP contribution in [0.15, 0.2) is 48.5 Å². The third kappa shape index (κ3) is 3.97. The molecular formula is C23H25FN2O3. The third-order valence-corrected chi connectivity index (χ3v) is 6.13. The largest absolute Gasteiger partial charge is 0.497 e. The van der Waals surface area contributed by atoms with Crippen LogP contribution >= 0.6 is 0 Å². The van der Waals surface area contributed by atoms with Crippen molar-refractivity contribution in [1.29, 1.82) is 0 Å². The van der Waals surface area contributed by atoms with Crippen molar-refractivity contribution in [1.82, 2.24) is 9.80 Å². The summed E-state index contributed by atoms with van der Waals surface area (Å²) in [5.74, 6) is 0.180. The van der Waals surface area contributed by atoms with Gasteiger partial charge < -0.3 is 14.5 Å². The second-order valence-corrected chi connectivity index (χ2v) is 8.05. The Morgan fingerprint density at radius 1 is 1.14 bits per heavy atom. The SMILES string of the molecule is COc1cccc(CN2CC3(CCN(C(=O)c4ccccc4F)CC3)CC2=O)c1. The predicted molar refractivity (Wildman–Crippen MR) is 107 cm³/mol. The number of ether oxygens (including phenoxy) is 1. The summed E-state index contributed by atoms with van der Waals surface area (Å²) in [7, 11) is 1.63. The number of likely N-dealkylation sites (tertiary alicyclic amines) is 2. The fraction of sp³-hybridized carbons (Fsp3) is 0.391. The van der Waals surface area contributed by atoms with E-state index in [1.54, 1.807) is 24.1 Å². The lowest BCUT2D eigenvalue weighted by molar-refractivity contribution is -0.128. The lowest BCUT2D eigenvalue weighted by Gasteiger charge is -2.38. The van der Waals surface area contributed by atoms with E-state index >= 15 is 0 Å². The van der Waals surface area contributed by atoms with E-state index in [9.17, 15) is 14.0 Å². The minimum absolute atomic E-state index is 0.0953. The summed E-state index contributed by atoms with van der Waals surface area (Å²) in [6, 6.07) is 13.9. The molecule has 6 heteroatoms. The van der Waals surface area contributed by atoms with Gasteiger partial charge in [-0.05, 0) is 42.7 Å². The predicted octanol–water partition coefficient (Wildman–Crippen LogP) is 3.49. The fourth-order valence-corrected chi connectivity index (χ4v) is 4.44. The zero-order chi connectivity index (χ0) is 20.4. The zero-order valence-corrected chi connectivity index (χ0v) is 16.6. The van der Waals surface area contributed by atoms with Crippen molar-refractivity contribution in [2.75, 3.05) is 26.7 Å². The normalized spacial score (nSPS) is 18.3. The van der Waals surface area contributed by atoms with E-state index in [0.29, 0.717) is 32.6 Å². The van der Waals surface area contributed by atoms with E-state index in [0.717, 1.165) is 24.2 Å². The van der Waals surface area contributed by atoms with Crippen molar-refractivity contribution in [3.63, 3.8) is 0 Å². The third-order valence-electron chi connectivity index (χ3n) is 6.13. The van der Waals surface area contributed by atoms with Gasteiger partial charge in [0.1, 0.15) is 11.6 Å². The quantitative estimate of drug-likeness (QED) is 0.795. The van der Waals surface area contributed by atoms with Crippen LogP contribution in [0.3, 0.4) is 0 Å². The molecule has 0 bridgehead atoms. The molecular weight excluding hydrogens is 371 g/mol. The van der Waals surface area contributed by atoms with E-state index in [-0.39, 0.29) is 22.8 Å². The molecule has 2 aliphatic rings. The molecule has 4 rings (SSSR count). The summed E-state index contributed by atoms with van der Waals surface area (Å²) in [6.07, 6.45) is 2.03. The molecule has 0 atom stereocenters. The molecule has 29 heavy (non-hydrogen) atoms. The van der Waals surface area contributed by atoms with Crippen LogP contribution in [0.2, 0.25) is 0 Å². The number of hydrogen-bond acceptors (Lipinski definition) is 3. The maximum Gasteiger partial charge on any atom is 0.256 e. The minimum Gasteiger partial charge on any atom is -0.497 e. The molecule has 0 unspecified atom stereocenters. The lowest BCUT2D eigenvalue weighted by Crippen LogP contribution is -2.44. The Bertz CT molecular complexity index is 922. The molecule has 0 aromatic heterocycles. The Kier molecular flexibility index (Phi) is 5.26. The summed E-state index contributed by atoms with van der Waals surface area (Å²) in [5, 5.41) is 0. The van der Waals surface area contributed by atoms with Gasteiger partial charge in [0.2, 0.25) is 5.91 Å². The monoisotopic (exact) mass is 396 g/mol. The van der Waals surface area contributed by atoms with Gasteiger partial charge in [-0.2, -0.15) is 0 Å². The smallest absolute Gasteiger partial charge is 0.256 e. The number of piperidine rings is 1. The van der Waals surface area contributed by atoms with Crippen molar-refractivity contribution >= 4 is 11.8 Å². The van der Waals surface area contributed by atoms with Crippen LogP contribution in [0.1, 0.15) is 35.2 Å². The van der Waals surface area contributed by atoms with Crippen LogP contribution in [0.5, 0.6) is 5.75 Å². The number of amides is 2. The summed E-state index contributed by atoms with van der Waals surface area (Å²) < 4.78 is 19.2. The number of halogens is 1. The molecule has 2 aliphatic heterocycles. The number of carbonyl (C=O) groups excluding carboxylic acids is 2. The van der Waals surface area contributed by atoms with Crippen molar-refractivity contribution < 1.29 is 18.7 Å². The number of rotatable bonds is 4. The molecule has 2 aromatic rings. The molecule has 0 aliphatic carbocycles. The summed E-state index contributed by atoms with van der Waals surface area (Å²) in [5.41, 5.74) is 1.06. The van der Waals surface area contributed by atoms with Gasteiger partial charge in [0, 0.05) is 38.0 Å². The fourth-order valence-electron chi connectivity index (χ4n) is 4.44. The number of carbonyl (C=O) groups is 2. The molecule has 2 amide bonds. The molecule has 2 fully saturated rings. The topological polar surface area (TPSA) is 49.9 Å². The van der Waals surface area contributed by atoms with E-state index in [2.05, 4.69) is 0 Å². The first kappa shape index (κ1) is 19.4. The van der Waals surface area contributed by atoms with Crippen LogP contribution in [0, 0.1) is 11.2 Å². The molecule has 2 heterocycles. The van der Waals surface area contributed by atoms with Crippen molar-refractivity contribution in [3.05, 3.63) is 65.5 Å². The second kappa shape index (κ2) is 7.85. The minimum atomic E-state index is -0.488. The highest BCUT2D eigenvalue weighted by Crippen LogP contribution is 2.41. The van der Waals surface area contributed by atoms with Gasteiger partial charge in [-0.1, -0.05) is 24.3 Å². The Morgan fingerprint density at radius 3 is 2.62 bits per heavy atom. The molecule has 2 saturated heterocycles. The summed E-state index contributed by atoms with van der Waals surface area (Å²) in [4.78, 5) is 28.9. The van der Waals surface area contributed by atoms with Gasteiger partial charge in [-0.3, -0.25) is 9.59 Å². The maximum absolute atomic E-state index is 13.9. The average Bonchev–Trinajstić information content (AvgIpc) is 3.03. The highest BCUT2D eigenvalue weighted by molar-refractivity contribution is 5.94. The Morgan fingerprint density at radius 2 is 1.90 bits per heavy atom. The maximum atomic E-state index is 13.9. The van der Waals surface area contributed by atoms with Crippen molar-refractivity contribution in [2.45, 2.75) is 25.8 Å². The zero-order valence-electron chi connectivity index (χ0n) is 16.6. The van der Waals surface area contributed by atoms with Gasteiger partial charge in [0.15, 0.2) is 0 Å². The number of nitrogens with zero attached hydrogens (tertiary/aromatic N) is 2. The van der Waals surface area contributed by atoms with Crippen LogP contribution < -0.4 is 4.74 Å². The first-order chi connectivity index (χ1) is 14.0. The summed E-state index contributed by atoms with van der Waals surface area (Å²) in [6.45, 7) is 2.36. The first-order valence-corrected chi connectivity index (χ1v) is 9.94. The second-order valence-electron chi connectivity index (χ2n) is 8.05. The van der Waals surface area contributed by atoms with Gasteiger partial charge in [0.25, 0.3) is 5.91 Å². The molecule has 0 radical (unpaired) electrons. The van der Waals surface area contributed by atoms with Crippen LogP contribution in [0.4, 0.5) is 4.39 Å². The van der Waals surface area contributed by atoms with E-state index in [4.69, 9.17) is 4.74 Å². The molecule has 152 valence electrons. The van der Waals surface area contributed by atoms with Crippen molar-refractivity contribution in [3.8, 4) is 5.75 Å². The van der Waals surface area contributed by atoms with E-state index in [1.165, 1.54) is 12.1 Å². The summed E-state index contributed by atoms with van der Waals surface area (Å²) >= 11 is 0. The van der Waals surface area contributed by atoms with Gasteiger partial charge in [0.05, 0.1) is 12.7 Å². The molecule has 2 aromatic carbocycles. The number of hydrogen-bond donors (Lipinski definition) is 0. The van der Waals surface area contributed by atoms with Gasteiger partial charge >= 0.3 is 0 Å². The van der Waals surface area contributed by atoms with E-state index in [1.807, 2.05) is 29.2 Å². The average molecular weight is 396 g/mol. The first-order valence-electron chi connectivity index (χ1n) is 9.94. The van der Waals surface area contributed by atoms with Crippen LogP contribution in [-0.4, -0.2) is 48.4 Å². The Labute approximate surface area is 170 Å². The lowest BCUT2D eigenvalue weighted by atomic mass is 9.77. The molecule has 5 nitrogen and oxygen atoms in total. The Hall–Kier alpha value is -2.89. The highest BCUT2D eigenvalue weighted by Gasteiger charge is 2.45. The standard InChI is InChI=1S/C23H25FN2O3/c1-29-18-6-4-5-17(13-18)15-26-16-23(14-21(26)27)9-11-25(12-10-23)22(28)19-7-2-3-8-20(19)24/h2-8,13H,9-12,14-16H2,1H3. The molecule has 1 spiro atoms.